The van der Waals surface area contributed by atoms with Gasteiger partial charge in [0.05, 0.1) is 10.6 Å². The van der Waals surface area contributed by atoms with Crippen LogP contribution in [0.4, 0.5) is 0 Å². The molecule has 0 spiro atoms. The van der Waals surface area contributed by atoms with Gasteiger partial charge in [0, 0.05) is 6.42 Å². The zero-order chi connectivity index (χ0) is 13.7. The molecule has 0 bridgehead atoms. The summed E-state index contributed by atoms with van der Waals surface area (Å²) in [6.45, 7) is 0. The van der Waals surface area contributed by atoms with Crippen molar-refractivity contribution in [1.29, 1.82) is 0 Å². The molecule has 0 saturated heterocycles. The van der Waals surface area contributed by atoms with E-state index in [0.29, 0.717) is 17.0 Å². The van der Waals surface area contributed by atoms with E-state index in [1.165, 1.54) is 0 Å². The van der Waals surface area contributed by atoms with Crippen LogP contribution in [0.15, 0.2) is 36.4 Å². The smallest absolute Gasteiger partial charge is 0.271 e. The fourth-order valence-electron chi connectivity index (χ4n) is 1.99. The molecule has 2 N–H and O–H groups in total. The maximum Gasteiger partial charge on any atom is 0.271 e. The number of hydrogen-bond donors (Lipinski definition) is 2. The highest BCUT2D eigenvalue weighted by Gasteiger charge is 2.15. The van der Waals surface area contributed by atoms with E-state index in [-0.39, 0.29) is 11.8 Å². The van der Waals surface area contributed by atoms with Gasteiger partial charge in [-0.1, -0.05) is 35.9 Å². The van der Waals surface area contributed by atoms with Crippen molar-refractivity contribution in [1.82, 2.24) is 10.9 Å². The number of carbonyl (C=O) groups excluding carboxylic acids is 2. The van der Waals surface area contributed by atoms with Gasteiger partial charge >= 0.3 is 0 Å². The van der Waals surface area contributed by atoms with Crippen LogP contribution in [-0.2, 0) is 4.79 Å². The molecule has 0 aliphatic heterocycles. The van der Waals surface area contributed by atoms with Gasteiger partial charge in [-0.15, -0.1) is 0 Å². The Morgan fingerprint density at radius 2 is 2.05 bits per heavy atom. The predicted octanol–water partition coefficient (Wildman–Crippen LogP) is 2.46. The lowest BCUT2D eigenvalue weighted by Gasteiger charge is -2.10. The zero-order valence-corrected chi connectivity index (χ0v) is 11.1. The highest BCUT2D eigenvalue weighted by molar-refractivity contribution is 6.33. The molecule has 0 radical (unpaired) electrons. The Hall–Kier alpha value is -1.81. The van der Waals surface area contributed by atoms with Crippen LogP contribution in [0, 0.1) is 5.92 Å². The van der Waals surface area contributed by atoms with Crippen molar-refractivity contribution < 1.29 is 9.59 Å². The van der Waals surface area contributed by atoms with Crippen LogP contribution in [0.25, 0.3) is 0 Å². The van der Waals surface area contributed by atoms with E-state index < -0.39 is 5.91 Å². The molecule has 0 heterocycles. The second kappa shape index (κ2) is 6.38. The van der Waals surface area contributed by atoms with E-state index in [1.54, 1.807) is 24.3 Å². The second-order valence-electron chi connectivity index (χ2n) is 4.45. The highest BCUT2D eigenvalue weighted by atomic mass is 35.5. The average molecular weight is 279 g/mol. The molecule has 1 atom stereocenters. The van der Waals surface area contributed by atoms with Gasteiger partial charge in [0.2, 0.25) is 5.91 Å². The molecular weight excluding hydrogens is 264 g/mol. The predicted molar refractivity (Wildman–Crippen MR) is 73.5 cm³/mol. The first kappa shape index (κ1) is 13.6. The van der Waals surface area contributed by atoms with Crippen molar-refractivity contribution in [2.24, 2.45) is 5.92 Å². The normalized spacial score (nSPS) is 17.2. The maximum atomic E-state index is 11.8. The number of amides is 2. The Morgan fingerprint density at radius 3 is 2.74 bits per heavy atom. The second-order valence-corrected chi connectivity index (χ2v) is 4.86. The molecule has 0 fully saturated rings. The van der Waals surface area contributed by atoms with Crippen LogP contribution in [0.3, 0.4) is 0 Å². The number of hydrogen-bond acceptors (Lipinski definition) is 2. The third-order valence-electron chi connectivity index (χ3n) is 2.99. The molecule has 2 amide bonds. The Kier molecular flexibility index (Phi) is 4.58. The van der Waals surface area contributed by atoms with E-state index in [9.17, 15) is 9.59 Å². The summed E-state index contributed by atoms with van der Waals surface area (Å²) in [5, 5.41) is 0.355. The van der Waals surface area contributed by atoms with Crippen LogP contribution >= 0.6 is 11.6 Å². The minimum atomic E-state index is -0.416. The summed E-state index contributed by atoms with van der Waals surface area (Å²) in [5.41, 5.74) is 5.11. The molecule has 0 unspecified atom stereocenters. The van der Waals surface area contributed by atoms with E-state index in [1.807, 2.05) is 6.08 Å². The van der Waals surface area contributed by atoms with Gasteiger partial charge < -0.3 is 0 Å². The number of halogens is 1. The fourth-order valence-corrected chi connectivity index (χ4v) is 2.22. The number of benzene rings is 1. The summed E-state index contributed by atoms with van der Waals surface area (Å²) < 4.78 is 0. The highest BCUT2D eigenvalue weighted by Crippen LogP contribution is 2.19. The minimum Gasteiger partial charge on any atom is -0.273 e. The maximum absolute atomic E-state index is 11.8. The van der Waals surface area contributed by atoms with E-state index >= 15 is 0 Å². The number of rotatable bonds is 3. The van der Waals surface area contributed by atoms with Gasteiger partial charge in [-0.25, -0.2) is 0 Å². The average Bonchev–Trinajstić information content (AvgIpc) is 2.89. The molecule has 4 nitrogen and oxygen atoms in total. The van der Waals surface area contributed by atoms with Crippen LogP contribution < -0.4 is 10.9 Å². The zero-order valence-electron chi connectivity index (χ0n) is 10.4. The summed E-state index contributed by atoms with van der Waals surface area (Å²) in [4.78, 5) is 23.4. The molecule has 2 rings (SSSR count). The summed E-state index contributed by atoms with van der Waals surface area (Å²) in [6.07, 6.45) is 6.50. The van der Waals surface area contributed by atoms with E-state index in [0.717, 1.165) is 12.8 Å². The summed E-state index contributed by atoms with van der Waals surface area (Å²) in [5.74, 6) is -0.338. The molecular formula is C14H15ClN2O2. The van der Waals surface area contributed by atoms with Gasteiger partial charge in [0.15, 0.2) is 0 Å². The SMILES string of the molecule is O=C(C[C@@H]1C=CCC1)NNC(=O)c1ccccc1Cl. The number of allylic oxidation sites excluding steroid dienone is 2. The summed E-state index contributed by atoms with van der Waals surface area (Å²) >= 11 is 5.89. The van der Waals surface area contributed by atoms with Crippen molar-refractivity contribution in [3.05, 3.63) is 47.0 Å². The lowest BCUT2D eigenvalue weighted by Crippen LogP contribution is -2.42. The quantitative estimate of drug-likeness (QED) is 0.659. The molecule has 1 aromatic carbocycles. The number of nitrogens with one attached hydrogen (secondary N) is 2. The first-order chi connectivity index (χ1) is 9.16. The Balaban J connectivity index is 1.81. The van der Waals surface area contributed by atoms with Crippen molar-refractivity contribution >= 4 is 23.4 Å². The minimum absolute atomic E-state index is 0.197. The molecule has 0 saturated carbocycles. The first-order valence-corrected chi connectivity index (χ1v) is 6.55. The fraction of sp³-hybridized carbons (Fsp3) is 0.286. The van der Waals surface area contributed by atoms with Crippen molar-refractivity contribution in [3.63, 3.8) is 0 Å². The van der Waals surface area contributed by atoms with Crippen molar-refractivity contribution in [2.75, 3.05) is 0 Å². The molecule has 1 aromatic rings. The van der Waals surface area contributed by atoms with Gasteiger partial charge in [-0.05, 0) is 30.9 Å². The van der Waals surface area contributed by atoms with Gasteiger partial charge in [-0.3, -0.25) is 20.4 Å². The summed E-state index contributed by atoms with van der Waals surface area (Å²) in [6, 6.07) is 6.68. The molecule has 1 aliphatic rings. The first-order valence-electron chi connectivity index (χ1n) is 6.17. The molecule has 1 aliphatic carbocycles. The van der Waals surface area contributed by atoms with Gasteiger partial charge in [0.25, 0.3) is 5.91 Å². The standard InChI is InChI=1S/C14H15ClN2O2/c15-12-8-4-3-7-11(12)14(19)17-16-13(18)9-10-5-1-2-6-10/h1,3-5,7-8,10H,2,6,9H2,(H,16,18)(H,17,19)/t10-/m1/s1. The van der Waals surface area contributed by atoms with Crippen molar-refractivity contribution in [2.45, 2.75) is 19.3 Å². The van der Waals surface area contributed by atoms with Crippen LogP contribution in [0.2, 0.25) is 5.02 Å². The monoisotopic (exact) mass is 278 g/mol. The van der Waals surface area contributed by atoms with Gasteiger partial charge in [0.1, 0.15) is 0 Å². The largest absolute Gasteiger partial charge is 0.273 e. The van der Waals surface area contributed by atoms with Crippen LogP contribution in [0.1, 0.15) is 29.6 Å². The molecule has 0 aromatic heterocycles. The topological polar surface area (TPSA) is 58.2 Å². The summed E-state index contributed by atoms with van der Waals surface area (Å²) in [7, 11) is 0. The van der Waals surface area contributed by atoms with Crippen molar-refractivity contribution in [3.8, 4) is 0 Å². The molecule has 19 heavy (non-hydrogen) atoms. The number of carbonyl (C=O) groups is 2. The van der Waals surface area contributed by atoms with Crippen LogP contribution in [0.5, 0.6) is 0 Å². The Labute approximate surface area is 116 Å². The third-order valence-corrected chi connectivity index (χ3v) is 3.32. The third kappa shape index (κ3) is 3.83. The van der Waals surface area contributed by atoms with Crippen LogP contribution in [-0.4, -0.2) is 11.8 Å². The molecule has 100 valence electrons. The lowest BCUT2D eigenvalue weighted by atomic mass is 10.1. The van der Waals surface area contributed by atoms with E-state index in [2.05, 4.69) is 16.9 Å². The lowest BCUT2D eigenvalue weighted by molar-refractivity contribution is -0.122. The Morgan fingerprint density at radius 1 is 1.26 bits per heavy atom. The van der Waals surface area contributed by atoms with Gasteiger partial charge in [-0.2, -0.15) is 0 Å². The molecule has 5 heteroatoms. The Bertz CT molecular complexity index is 514. The van der Waals surface area contributed by atoms with E-state index in [4.69, 9.17) is 11.6 Å². The number of hydrazine groups is 1.